The smallest absolute Gasteiger partial charge is 0.127 e. The predicted octanol–water partition coefficient (Wildman–Crippen LogP) is 3.50. The second-order valence-electron chi connectivity index (χ2n) is 6.18. The molecule has 2 aliphatic rings. The van der Waals surface area contributed by atoms with Gasteiger partial charge in [-0.2, -0.15) is 0 Å². The number of hydrogen-bond donors (Lipinski definition) is 1. The van der Waals surface area contributed by atoms with Gasteiger partial charge in [0, 0.05) is 36.9 Å². The lowest BCUT2D eigenvalue weighted by atomic mass is 10.1. The number of anilines is 2. The van der Waals surface area contributed by atoms with Crippen LogP contribution >= 0.6 is 23.1 Å². The van der Waals surface area contributed by atoms with E-state index in [1.807, 2.05) is 12.4 Å². The molecular weight excluding hydrogens is 338 g/mol. The van der Waals surface area contributed by atoms with Crippen molar-refractivity contribution < 1.29 is 0 Å². The molecule has 2 aromatic heterocycles. The maximum atomic E-state index is 6.19. The minimum Gasteiger partial charge on any atom is -0.368 e. The van der Waals surface area contributed by atoms with E-state index in [0.29, 0.717) is 0 Å². The topological polar surface area (TPSA) is 58.3 Å². The molecule has 7 heteroatoms. The quantitative estimate of drug-likeness (QED) is 0.905. The Kier molecular flexibility index (Phi) is 4.47. The molecule has 24 heavy (non-hydrogen) atoms. The molecule has 2 atom stereocenters. The molecule has 0 radical (unpaired) electrons. The number of piperidine rings is 1. The minimum absolute atomic E-state index is 0.177. The molecular formula is C17H21N5S2. The van der Waals surface area contributed by atoms with E-state index >= 15 is 0 Å². The zero-order chi connectivity index (χ0) is 16.5. The number of nitrogens with zero attached hydrogens (tertiary/aromatic N) is 4. The van der Waals surface area contributed by atoms with Crippen molar-refractivity contribution in [2.45, 2.75) is 31.2 Å². The zero-order valence-corrected chi connectivity index (χ0v) is 15.3. The number of rotatable bonds is 3. The summed E-state index contributed by atoms with van der Waals surface area (Å²) in [5, 5.41) is 5.57. The third-order valence-corrected chi connectivity index (χ3v) is 6.22. The number of hydrogen-bond acceptors (Lipinski definition) is 7. The fourth-order valence-electron chi connectivity index (χ4n) is 3.31. The Morgan fingerprint density at radius 3 is 3.04 bits per heavy atom. The van der Waals surface area contributed by atoms with Crippen molar-refractivity contribution in [1.29, 1.82) is 0 Å². The van der Waals surface area contributed by atoms with Gasteiger partial charge in [0.1, 0.15) is 5.37 Å². The van der Waals surface area contributed by atoms with E-state index in [0.717, 1.165) is 42.3 Å². The molecule has 0 spiro atoms. The van der Waals surface area contributed by atoms with Crippen LogP contribution in [0.5, 0.6) is 0 Å². The number of aromatic nitrogens is 2. The molecule has 0 aliphatic carbocycles. The van der Waals surface area contributed by atoms with Crippen LogP contribution in [0.15, 0.2) is 35.4 Å². The van der Waals surface area contributed by atoms with Gasteiger partial charge >= 0.3 is 0 Å². The second-order valence-corrected chi connectivity index (χ2v) is 8.24. The van der Waals surface area contributed by atoms with Crippen LogP contribution in [-0.2, 0) is 0 Å². The summed E-state index contributed by atoms with van der Waals surface area (Å²) in [6.45, 7) is 4.01. The SMILES string of the molecule is Cc1nc(C2SC=CN2c2cnccc2N2CCCC(N)C2)cs1. The summed E-state index contributed by atoms with van der Waals surface area (Å²) in [5.74, 6) is 0. The van der Waals surface area contributed by atoms with Gasteiger partial charge in [0.25, 0.3) is 0 Å². The Morgan fingerprint density at radius 2 is 2.25 bits per heavy atom. The Bertz CT molecular complexity index is 744. The van der Waals surface area contributed by atoms with Gasteiger partial charge in [-0.3, -0.25) is 4.98 Å². The first-order valence-electron chi connectivity index (χ1n) is 8.19. The Hall–Kier alpha value is -1.57. The van der Waals surface area contributed by atoms with E-state index in [2.05, 4.69) is 49.7 Å². The van der Waals surface area contributed by atoms with E-state index in [1.165, 1.54) is 5.69 Å². The van der Waals surface area contributed by atoms with E-state index in [4.69, 9.17) is 5.73 Å². The molecule has 4 rings (SSSR count). The van der Waals surface area contributed by atoms with Crippen LogP contribution in [0, 0.1) is 6.92 Å². The summed E-state index contributed by atoms with van der Waals surface area (Å²) in [7, 11) is 0. The fraction of sp³-hybridized carbons (Fsp3) is 0.412. The van der Waals surface area contributed by atoms with Crippen LogP contribution in [0.4, 0.5) is 11.4 Å². The normalized spacial score (nSPS) is 23.9. The van der Waals surface area contributed by atoms with Crippen molar-refractivity contribution in [3.05, 3.63) is 46.1 Å². The molecule has 5 nitrogen and oxygen atoms in total. The molecule has 2 aliphatic heterocycles. The molecule has 0 bridgehead atoms. The van der Waals surface area contributed by atoms with Crippen molar-refractivity contribution >= 4 is 34.5 Å². The first-order valence-corrected chi connectivity index (χ1v) is 10.0. The van der Waals surface area contributed by atoms with Crippen molar-refractivity contribution in [3.8, 4) is 0 Å². The number of pyridine rings is 1. The van der Waals surface area contributed by atoms with Gasteiger partial charge in [0.15, 0.2) is 0 Å². The number of nitrogens with two attached hydrogens (primary N) is 1. The molecule has 4 heterocycles. The number of aryl methyl sites for hydroxylation is 1. The lowest BCUT2D eigenvalue weighted by Crippen LogP contribution is -2.43. The van der Waals surface area contributed by atoms with Crippen LogP contribution in [-0.4, -0.2) is 29.1 Å². The molecule has 0 saturated carbocycles. The third-order valence-electron chi connectivity index (χ3n) is 4.43. The summed E-state index contributed by atoms with van der Waals surface area (Å²) < 4.78 is 0. The highest BCUT2D eigenvalue weighted by molar-refractivity contribution is 8.02. The molecule has 2 N–H and O–H groups in total. The van der Waals surface area contributed by atoms with E-state index < -0.39 is 0 Å². The van der Waals surface area contributed by atoms with E-state index in [1.54, 1.807) is 23.1 Å². The predicted molar refractivity (Wildman–Crippen MR) is 102 cm³/mol. The van der Waals surface area contributed by atoms with Crippen molar-refractivity contribution in [2.75, 3.05) is 22.9 Å². The first kappa shape index (κ1) is 15.9. The standard InChI is InChI=1S/C17H21N5S2/c1-12-20-14(11-24-12)17-22(7-8-23-17)16-9-19-5-4-15(16)21-6-2-3-13(18)10-21/h4-5,7-9,11,13,17H,2-3,6,10,18H2,1H3. The summed E-state index contributed by atoms with van der Waals surface area (Å²) in [6.07, 6.45) is 8.21. The van der Waals surface area contributed by atoms with Crippen molar-refractivity contribution in [2.24, 2.45) is 5.73 Å². The average molecular weight is 360 g/mol. The molecule has 2 aromatic rings. The summed E-state index contributed by atoms with van der Waals surface area (Å²) in [4.78, 5) is 13.7. The fourth-order valence-corrected chi connectivity index (χ4v) is 4.95. The lowest BCUT2D eigenvalue weighted by molar-refractivity contribution is 0.506. The Balaban J connectivity index is 1.67. The Labute approximate surface area is 150 Å². The van der Waals surface area contributed by atoms with Crippen molar-refractivity contribution in [3.63, 3.8) is 0 Å². The molecule has 0 amide bonds. The van der Waals surface area contributed by atoms with Gasteiger partial charge in [-0.05, 0) is 31.2 Å². The highest BCUT2D eigenvalue weighted by atomic mass is 32.2. The van der Waals surface area contributed by atoms with Crippen LogP contribution in [0.1, 0.15) is 28.9 Å². The maximum absolute atomic E-state index is 6.19. The monoisotopic (exact) mass is 359 g/mol. The molecule has 2 unspecified atom stereocenters. The van der Waals surface area contributed by atoms with Gasteiger partial charge in [-0.15, -0.1) is 23.1 Å². The molecule has 126 valence electrons. The average Bonchev–Trinajstić information content (AvgIpc) is 3.23. The lowest BCUT2D eigenvalue weighted by Gasteiger charge is -2.36. The summed E-state index contributed by atoms with van der Waals surface area (Å²) in [5.41, 5.74) is 9.64. The molecule has 1 saturated heterocycles. The van der Waals surface area contributed by atoms with Crippen LogP contribution in [0.25, 0.3) is 0 Å². The van der Waals surface area contributed by atoms with Gasteiger partial charge in [-0.1, -0.05) is 0 Å². The van der Waals surface area contributed by atoms with Gasteiger partial charge in [0.2, 0.25) is 0 Å². The van der Waals surface area contributed by atoms with E-state index in [-0.39, 0.29) is 11.4 Å². The van der Waals surface area contributed by atoms with Crippen LogP contribution < -0.4 is 15.5 Å². The van der Waals surface area contributed by atoms with Gasteiger partial charge in [-0.25, -0.2) is 4.98 Å². The summed E-state index contributed by atoms with van der Waals surface area (Å²) >= 11 is 3.49. The third kappa shape index (κ3) is 3.03. The number of thioether (sulfide) groups is 1. The highest BCUT2D eigenvalue weighted by Crippen LogP contribution is 2.44. The number of thiazole rings is 1. The van der Waals surface area contributed by atoms with Gasteiger partial charge < -0.3 is 15.5 Å². The van der Waals surface area contributed by atoms with Crippen LogP contribution in [0.3, 0.4) is 0 Å². The maximum Gasteiger partial charge on any atom is 0.127 e. The summed E-state index contributed by atoms with van der Waals surface area (Å²) in [6, 6.07) is 2.35. The van der Waals surface area contributed by atoms with Crippen molar-refractivity contribution in [1.82, 2.24) is 9.97 Å². The van der Waals surface area contributed by atoms with Gasteiger partial charge in [0.05, 0.1) is 28.3 Å². The minimum atomic E-state index is 0.177. The molecule has 1 fully saturated rings. The molecule has 0 aromatic carbocycles. The first-order chi connectivity index (χ1) is 11.7. The largest absolute Gasteiger partial charge is 0.368 e. The zero-order valence-electron chi connectivity index (χ0n) is 13.6. The Morgan fingerprint density at radius 1 is 1.33 bits per heavy atom. The van der Waals surface area contributed by atoms with Crippen LogP contribution in [0.2, 0.25) is 0 Å². The highest BCUT2D eigenvalue weighted by Gasteiger charge is 2.29. The second kappa shape index (κ2) is 6.74. The van der Waals surface area contributed by atoms with E-state index in [9.17, 15) is 0 Å².